The summed E-state index contributed by atoms with van der Waals surface area (Å²) in [6.45, 7) is 6.15. The van der Waals surface area contributed by atoms with Crippen LogP contribution in [0, 0.1) is 20.8 Å². The van der Waals surface area contributed by atoms with Crippen LogP contribution in [-0.4, -0.2) is 45.3 Å². The molecule has 0 aliphatic heterocycles. The number of anilines is 4. The molecule has 0 atom stereocenters. The molecule has 4 rings (SSSR count). The fourth-order valence-electron chi connectivity index (χ4n) is 3.20. The number of halogens is 3. The fourth-order valence-corrected chi connectivity index (χ4v) is 3.20. The topological polar surface area (TPSA) is 159 Å². The maximum atomic E-state index is 12.2. The number of hydrogen-bond donors (Lipinski definition) is 4. The van der Waals surface area contributed by atoms with Crippen LogP contribution in [-0.2, 0) is 9.53 Å². The standard InChI is InChI=1S/C22H21N5O4.C2HF3O2/c1-11-7-15(8-12(2)13(11)3)25-21-23-10-16(20(28)30-4)19(27-21)24-14-5-6-18-17(9-14)26-22(29)31-18;3-2(4,5)1(6)7/h5-10H,1-4H3,(H,26,29)(H2,23,24,25,27);(H,6,7). The number of hydrogen-bond acceptors (Lipinski definition) is 9. The van der Waals surface area contributed by atoms with E-state index in [1.54, 1.807) is 18.2 Å². The average Bonchev–Trinajstić information content (AvgIpc) is 3.21. The molecule has 0 radical (unpaired) electrons. The van der Waals surface area contributed by atoms with Gasteiger partial charge in [0.2, 0.25) is 5.95 Å². The van der Waals surface area contributed by atoms with Crippen LogP contribution in [0.25, 0.3) is 11.1 Å². The summed E-state index contributed by atoms with van der Waals surface area (Å²) < 4.78 is 41.6. The van der Waals surface area contributed by atoms with E-state index in [-0.39, 0.29) is 11.4 Å². The number of rotatable bonds is 5. The lowest BCUT2D eigenvalue weighted by molar-refractivity contribution is -0.192. The Morgan fingerprint density at radius 2 is 1.68 bits per heavy atom. The first-order chi connectivity index (χ1) is 17.8. The van der Waals surface area contributed by atoms with Crippen molar-refractivity contribution in [2.45, 2.75) is 26.9 Å². The van der Waals surface area contributed by atoms with E-state index in [2.05, 4.69) is 32.5 Å². The number of aryl methyl sites for hydroxylation is 2. The molecule has 0 bridgehead atoms. The largest absolute Gasteiger partial charge is 0.490 e. The minimum Gasteiger partial charge on any atom is -0.475 e. The molecule has 4 aromatic rings. The zero-order chi connectivity index (χ0) is 28.2. The van der Waals surface area contributed by atoms with Gasteiger partial charge < -0.3 is 24.9 Å². The minimum atomic E-state index is -5.08. The number of H-pyrrole nitrogens is 1. The Morgan fingerprint density at radius 1 is 1.05 bits per heavy atom. The maximum absolute atomic E-state index is 12.2. The van der Waals surface area contributed by atoms with Gasteiger partial charge in [0.15, 0.2) is 11.4 Å². The first-order valence-electron chi connectivity index (χ1n) is 10.8. The molecule has 0 spiro atoms. The predicted molar refractivity (Wildman–Crippen MR) is 131 cm³/mol. The Labute approximate surface area is 212 Å². The number of aliphatic carboxylic acids is 1. The lowest BCUT2D eigenvalue weighted by atomic mass is 10.0. The number of fused-ring (bicyclic) bond motifs is 1. The van der Waals surface area contributed by atoms with Crippen LogP contribution in [0.5, 0.6) is 0 Å². The average molecular weight is 533 g/mol. The summed E-state index contributed by atoms with van der Waals surface area (Å²) in [6, 6.07) is 9.06. The molecule has 0 saturated heterocycles. The van der Waals surface area contributed by atoms with Crippen molar-refractivity contribution in [2.24, 2.45) is 0 Å². The van der Waals surface area contributed by atoms with Gasteiger partial charge in [-0.3, -0.25) is 4.98 Å². The number of nitrogens with zero attached hydrogens (tertiary/aromatic N) is 2. The van der Waals surface area contributed by atoms with Gasteiger partial charge in [-0.2, -0.15) is 18.2 Å². The van der Waals surface area contributed by atoms with Crippen LogP contribution in [0.1, 0.15) is 27.0 Å². The Bertz CT molecular complexity index is 1540. The lowest BCUT2D eigenvalue weighted by Gasteiger charge is -2.13. The number of carbonyl (C=O) groups excluding carboxylic acids is 1. The van der Waals surface area contributed by atoms with Gasteiger partial charge >= 0.3 is 23.9 Å². The molecule has 0 amide bonds. The second-order valence-corrected chi connectivity index (χ2v) is 7.96. The minimum absolute atomic E-state index is 0.171. The molecule has 0 aliphatic rings. The molecule has 0 fully saturated rings. The highest BCUT2D eigenvalue weighted by Gasteiger charge is 2.38. The molecule has 2 aromatic carbocycles. The molecule has 11 nitrogen and oxygen atoms in total. The van der Waals surface area contributed by atoms with Crippen molar-refractivity contribution in [1.29, 1.82) is 0 Å². The first kappa shape index (κ1) is 27.7. The number of oxazole rings is 1. The molecule has 0 saturated carbocycles. The van der Waals surface area contributed by atoms with Gasteiger partial charge in [0.1, 0.15) is 5.56 Å². The van der Waals surface area contributed by atoms with Crippen molar-refractivity contribution in [3.63, 3.8) is 0 Å². The van der Waals surface area contributed by atoms with Gasteiger partial charge in [-0.05, 0) is 67.8 Å². The Morgan fingerprint density at radius 3 is 2.26 bits per heavy atom. The van der Waals surface area contributed by atoms with Gasteiger partial charge in [-0.25, -0.2) is 19.4 Å². The van der Waals surface area contributed by atoms with E-state index < -0.39 is 23.9 Å². The number of nitrogens with one attached hydrogen (secondary N) is 3. The van der Waals surface area contributed by atoms with Gasteiger partial charge in [0.25, 0.3) is 0 Å². The van der Waals surface area contributed by atoms with E-state index in [4.69, 9.17) is 19.1 Å². The second-order valence-electron chi connectivity index (χ2n) is 7.96. The van der Waals surface area contributed by atoms with Crippen molar-refractivity contribution < 1.29 is 37.0 Å². The summed E-state index contributed by atoms with van der Waals surface area (Å²) in [5, 5.41) is 13.4. The van der Waals surface area contributed by atoms with E-state index in [1.165, 1.54) is 18.9 Å². The molecule has 14 heteroatoms. The zero-order valence-electron chi connectivity index (χ0n) is 20.5. The number of esters is 1. The molecular formula is C24H22F3N5O6. The molecule has 0 unspecified atom stereocenters. The van der Waals surface area contributed by atoms with Crippen LogP contribution in [0.4, 0.5) is 36.3 Å². The van der Waals surface area contributed by atoms with Crippen LogP contribution in [0.3, 0.4) is 0 Å². The highest BCUT2D eigenvalue weighted by atomic mass is 19.4. The first-order valence-corrected chi connectivity index (χ1v) is 10.8. The number of carboxylic acid groups (broad SMARTS) is 1. The van der Waals surface area contributed by atoms with Gasteiger partial charge in [0.05, 0.1) is 12.6 Å². The zero-order valence-corrected chi connectivity index (χ0v) is 20.5. The maximum Gasteiger partial charge on any atom is 0.490 e. The third-order valence-electron chi connectivity index (χ3n) is 5.30. The molecular weight excluding hydrogens is 511 g/mol. The number of methoxy groups -OCH3 is 1. The van der Waals surface area contributed by atoms with E-state index in [0.29, 0.717) is 22.7 Å². The number of benzene rings is 2. The summed E-state index contributed by atoms with van der Waals surface area (Å²) >= 11 is 0. The van der Waals surface area contributed by atoms with E-state index in [9.17, 15) is 22.8 Å². The number of carboxylic acids is 1. The van der Waals surface area contributed by atoms with Gasteiger partial charge in [-0.1, -0.05) is 0 Å². The highest BCUT2D eigenvalue weighted by Crippen LogP contribution is 2.26. The molecule has 2 aromatic heterocycles. The molecule has 200 valence electrons. The molecule has 0 aliphatic carbocycles. The number of ether oxygens (including phenoxy) is 1. The van der Waals surface area contributed by atoms with Crippen LogP contribution in [0.2, 0.25) is 0 Å². The molecule has 2 heterocycles. The Balaban J connectivity index is 0.000000505. The molecule has 38 heavy (non-hydrogen) atoms. The predicted octanol–water partition coefficient (Wildman–Crippen LogP) is 4.74. The molecule has 4 N–H and O–H groups in total. The third kappa shape index (κ3) is 6.66. The summed E-state index contributed by atoms with van der Waals surface area (Å²) in [7, 11) is 1.29. The van der Waals surface area contributed by atoms with Gasteiger partial charge in [-0.15, -0.1) is 0 Å². The normalized spacial score (nSPS) is 10.9. The van der Waals surface area contributed by atoms with Crippen molar-refractivity contribution in [1.82, 2.24) is 15.0 Å². The summed E-state index contributed by atoms with van der Waals surface area (Å²) in [4.78, 5) is 43.8. The van der Waals surface area contributed by atoms with Crippen LogP contribution >= 0.6 is 0 Å². The summed E-state index contributed by atoms with van der Waals surface area (Å²) in [5.74, 6) is -3.30. The highest BCUT2D eigenvalue weighted by molar-refractivity contribution is 5.95. The van der Waals surface area contributed by atoms with Crippen molar-refractivity contribution in [3.8, 4) is 0 Å². The summed E-state index contributed by atoms with van der Waals surface area (Å²) in [5.41, 5.74) is 6.08. The van der Waals surface area contributed by atoms with Crippen molar-refractivity contribution in [2.75, 3.05) is 17.7 Å². The fraction of sp³-hybridized carbons (Fsp3) is 0.208. The number of aromatic amines is 1. The van der Waals surface area contributed by atoms with Gasteiger partial charge in [0, 0.05) is 17.6 Å². The van der Waals surface area contributed by atoms with Crippen LogP contribution in [0.15, 0.2) is 45.7 Å². The van der Waals surface area contributed by atoms with E-state index >= 15 is 0 Å². The van der Waals surface area contributed by atoms with Crippen molar-refractivity contribution in [3.05, 3.63) is 69.3 Å². The number of aromatic nitrogens is 3. The quantitative estimate of drug-likeness (QED) is 0.264. The third-order valence-corrected chi connectivity index (χ3v) is 5.30. The number of carbonyl (C=O) groups is 2. The lowest BCUT2D eigenvalue weighted by Crippen LogP contribution is -2.21. The van der Waals surface area contributed by atoms with Crippen LogP contribution < -0.4 is 16.4 Å². The smallest absolute Gasteiger partial charge is 0.475 e. The van der Waals surface area contributed by atoms with E-state index in [1.807, 2.05) is 26.0 Å². The van der Waals surface area contributed by atoms with Crippen molar-refractivity contribution >= 4 is 46.2 Å². The Hall–Kier alpha value is -4.88. The Kier molecular flexibility index (Phi) is 8.04. The number of alkyl halides is 3. The SMILES string of the molecule is COC(=O)c1cnc(Nc2cc(C)c(C)c(C)c2)nc1Nc1ccc2oc(=O)[nH]c2c1.O=C(O)C(F)(F)F. The monoisotopic (exact) mass is 533 g/mol. The second kappa shape index (κ2) is 11.0. The van der Waals surface area contributed by atoms with E-state index in [0.717, 1.165) is 16.8 Å². The summed E-state index contributed by atoms with van der Waals surface area (Å²) in [6.07, 6.45) is -3.68.